The molecule has 4 amide bonds. The molecule has 0 aliphatic carbocycles. The molecule has 0 saturated carbocycles. The molecule has 4 atom stereocenters. The summed E-state index contributed by atoms with van der Waals surface area (Å²) in [6, 6.07) is 3.71. The third kappa shape index (κ3) is 8.72. The van der Waals surface area contributed by atoms with Crippen LogP contribution in [0.25, 0.3) is 10.9 Å². The first-order chi connectivity index (χ1) is 18.7. The maximum Gasteiger partial charge on any atom is 0.326 e. The molecule has 0 radical (unpaired) electrons. The minimum Gasteiger partial charge on any atom is -0.480 e. The van der Waals surface area contributed by atoms with E-state index in [1.54, 1.807) is 6.20 Å². The lowest BCUT2D eigenvalue weighted by Gasteiger charge is -2.25. The van der Waals surface area contributed by atoms with Gasteiger partial charge in [0.05, 0.1) is 6.04 Å². The highest BCUT2D eigenvalue weighted by molar-refractivity contribution is 7.98. The molecule has 1 aromatic heterocycles. The summed E-state index contributed by atoms with van der Waals surface area (Å²) in [4.78, 5) is 65.8. The van der Waals surface area contributed by atoms with Crippen molar-refractivity contribution in [3.05, 3.63) is 36.0 Å². The molecule has 8 N–H and O–H groups in total. The molecule has 0 spiro atoms. The molecule has 2 heterocycles. The van der Waals surface area contributed by atoms with Gasteiger partial charge in [-0.2, -0.15) is 11.8 Å². The number of fused-ring (bicyclic) bond motifs is 1. The van der Waals surface area contributed by atoms with Crippen molar-refractivity contribution in [1.29, 1.82) is 0 Å². The van der Waals surface area contributed by atoms with Crippen molar-refractivity contribution < 1.29 is 29.1 Å². The predicted molar refractivity (Wildman–Crippen MR) is 148 cm³/mol. The SMILES string of the molecule is CSCCC(NC(=O)C(CCC(N)=O)NC(=O)C(Cc1c[nH]c2ccccc12)NC(=O)C1CCCN1)C(=O)O. The fourth-order valence-electron chi connectivity index (χ4n) is 4.50. The number of H-pyrrole nitrogens is 1. The average molecular weight is 561 g/mol. The molecule has 39 heavy (non-hydrogen) atoms. The van der Waals surface area contributed by atoms with Gasteiger partial charge in [0.2, 0.25) is 23.6 Å². The molecule has 1 fully saturated rings. The van der Waals surface area contributed by atoms with Crippen molar-refractivity contribution in [2.75, 3.05) is 18.6 Å². The molecule has 0 bridgehead atoms. The van der Waals surface area contributed by atoms with Crippen molar-refractivity contribution in [3.8, 4) is 0 Å². The van der Waals surface area contributed by atoms with Crippen LogP contribution in [0.1, 0.15) is 37.7 Å². The quantitative estimate of drug-likeness (QED) is 0.158. The minimum absolute atomic E-state index is 0.125. The van der Waals surface area contributed by atoms with Crippen molar-refractivity contribution in [1.82, 2.24) is 26.3 Å². The van der Waals surface area contributed by atoms with Crippen LogP contribution in [0.4, 0.5) is 0 Å². The Hall–Kier alpha value is -3.58. The molecule has 12 nitrogen and oxygen atoms in total. The van der Waals surface area contributed by atoms with E-state index in [-0.39, 0.29) is 31.6 Å². The van der Waals surface area contributed by atoms with Crippen molar-refractivity contribution in [2.45, 2.75) is 62.7 Å². The largest absolute Gasteiger partial charge is 0.480 e. The monoisotopic (exact) mass is 560 g/mol. The molecule has 4 unspecified atom stereocenters. The van der Waals surface area contributed by atoms with Crippen LogP contribution >= 0.6 is 11.8 Å². The maximum atomic E-state index is 13.5. The van der Waals surface area contributed by atoms with E-state index in [1.807, 2.05) is 30.5 Å². The molecule has 1 aliphatic heterocycles. The van der Waals surface area contributed by atoms with Gasteiger partial charge < -0.3 is 37.1 Å². The molecule has 2 aromatic rings. The summed E-state index contributed by atoms with van der Waals surface area (Å²) >= 11 is 1.44. The number of benzene rings is 1. The highest BCUT2D eigenvalue weighted by Gasteiger charge is 2.32. The number of carbonyl (C=O) groups excluding carboxylic acids is 4. The molecule has 1 aromatic carbocycles. The van der Waals surface area contributed by atoms with E-state index < -0.39 is 47.9 Å². The molecule has 3 rings (SSSR count). The van der Waals surface area contributed by atoms with Crippen LogP contribution in [0.5, 0.6) is 0 Å². The lowest BCUT2D eigenvalue weighted by atomic mass is 10.0. The zero-order chi connectivity index (χ0) is 28.4. The van der Waals surface area contributed by atoms with Crippen LogP contribution in [0.15, 0.2) is 30.5 Å². The normalized spacial score (nSPS) is 17.2. The lowest BCUT2D eigenvalue weighted by molar-refractivity contribution is -0.142. The summed E-state index contributed by atoms with van der Waals surface area (Å²) in [6.45, 7) is 0.702. The van der Waals surface area contributed by atoms with Crippen LogP contribution in [-0.2, 0) is 30.4 Å². The fraction of sp³-hybridized carbons (Fsp3) is 0.500. The Morgan fingerprint density at radius 1 is 1.05 bits per heavy atom. The summed E-state index contributed by atoms with van der Waals surface area (Å²) in [7, 11) is 0. The number of aromatic nitrogens is 1. The van der Waals surface area contributed by atoms with E-state index in [4.69, 9.17) is 5.73 Å². The van der Waals surface area contributed by atoms with Gasteiger partial charge in [0.1, 0.15) is 18.1 Å². The van der Waals surface area contributed by atoms with Crippen LogP contribution < -0.4 is 27.0 Å². The number of para-hydroxylation sites is 1. The number of primary amides is 1. The summed E-state index contributed by atoms with van der Waals surface area (Å²) in [5.74, 6) is -3.07. The van der Waals surface area contributed by atoms with E-state index >= 15 is 0 Å². The second-order valence-corrected chi connectivity index (χ2v) is 10.5. The Morgan fingerprint density at radius 3 is 2.44 bits per heavy atom. The number of rotatable bonds is 15. The first kappa shape index (κ1) is 30.0. The fourth-order valence-corrected chi connectivity index (χ4v) is 4.97. The first-order valence-electron chi connectivity index (χ1n) is 12.9. The summed E-state index contributed by atoms with van der Waals surface area (Å²) in [6.07, 6.45) is 5.07. The third-order valence-corrected chi connectivity index (χ3v) is 7.29. The van der Waals surface area contributed by atoms with Crippen LogP contribution in [0.2, 0.25) is 0 Å². The van der Waals surface area contributed by atoms with Gasteiger partial charge in [-0.1, -0.05) is 18.2 Å². The third-order valence-electron chi connectivity index (χ3n) is 6.65. The highest BCUT2D eigenvalue weighted by Crippen LogP contribution is 2.19. The predicted octanol–water partition coefficient (Wildman–Crippen LogP) is 0.0200. The molecule has 1 aliphatic rings. The second-order valence-electron chi connectivity index (χ2n) is 9.52. The topological polar surface area (TPSA) is 196 Å². The molecule has 212 valence electrons. The summed E-state index contributed by atoms with van der Waals surface area (Å²) < 4.78 is 0. The van der Waals surface area contributed by atoms with Crippen LogP contribution in [0.3, 0.4) is 0 Å². The van der Waals surface area contributed by atoms with Gasteiger partial charge in [-0.15, -0.1) is 0 Å². The maximum absolute atomic E-state index is 13.5. The van der Waals surface area contributed by atoms with Gasteiger partial charge in [-0.05, 0) is 55.9 Å². The van der Waals surface area contributed by atoms with Crippen molar-refractivity contribution in [3.63, 3.8) is 0 Å². The Balaban J connectivity index is 1.80. The summed E-state index contributed by atoms with van der Waals surface area (Å²) in [5.41, 5.74) is 6.95. The Labute approximate surface area is 230 Å². The van der Waals surface area contributed by atoms with E-state index in [0.717, 1.165) is 22.9 Å². The number of nitrogens with two attached hydrogens (primary N) is 1. The summed E-state index contributed by atoms with van der Waals surface area (Å²) in [5, 5.41) is 21.4. The standard InChI is InChI=1S/C26H36N6O6S/c1-39-12-10-20(26(37)38)31-24(35)19(8-9-22(27)33)30-25(36)21(32-23(34)18-7-4-11-28-18)13-15-14-29-17-6-3-2-5-16(15)17/h2-3,5-6,14,18-21,28-29H,4,7-13H2,1H3,(H2,27,33)(H,30,36)(H,31,35)(H,32,34)(H,37,38). The van der Waals surface area contributed by atoms with Gasteiger partial charge in [-0.25, -0.2) is 4.79 Å². The number of amides is 4. The number of carbonyl (C=O) groups is 5. The molecular weight excluding hydrogens is 524 g/mol. The number of aliphatic carboxylic acids is 1. The van der Waals surface area contributed by atoms with Gasteiger partial charge in [0, 0.05) is 29.9 Å². The zero-order valence-corrected chi connectivity index (χ0v) is 22.6. The number of aromatic amines is 1. The van der Waals surface area contributed by atoms with Gasteiger partial charge in [0.15, 0.2) is 0 Å². The van der Waals surface area contributed by atoms with E-state index in [2.05, 4.69) is 26.3 Å². The number of carboxylic acid groups (broad SMARTS) is 1. The molecule has 1 saturated heterocycles. The smallest absolute Gasteiger partial charge is 0.326 e. The molecular formula is C26H36N6O6S. The number of carboxylic acids is 1. The average Bonchev–Trinajstić information content (AvgIpc) is 3.59. The second kappa shape index (κ2) is 14.5. The number of hydrogen-bond donors (Lipinski definition) is 7. The zero-order valence-electron chi connectivity index (χ0n) is 21.8. The van der Waals surface area contributed by atoms with E-state index in [1.165, 1.54) is 11.8 Å². The van der Waals surface area contributed by atoms with Crippen molar-refractivity contribution >= 4 is 52.3 Å². The van der Waals surface area contributed by atoms with E-state index in [0.29, 0.717) is 18.7 Å². The number of nitrogens with one attached hydrogen (secondary N) is 5. The number of hydrogen-bond acceptors (Lipinski definition) is 7. The highest BCUT2D eigenvalue weighted by atomic mass is 32.2. The number of thioether (sulfide) groups is 1. The van der Waals surface area contributed by atoms with E-state index in [9.17, 15) is 29.1 Å². The van der Waals surface area contributed by atoms with Gasteiger partial charge in [-0.3, -0.25) is 19.2 Å². The lowest BCUT2D eigenvalue weighted by Crippen LogP contribution is -2.57. The first-order valence-corrected chi connectivity index (χ1v) is 14.3. The Bertz CT molecular complexity index is 1180. The van der Waals surface area contributed by atoms with Crippen LogP contribution in [0, 0.1) is 0 Å². The Morgan fingerprint density at radius 2 is 1.77 bits per heavy atom. The minimum atomic E-state index is -1.23. The van der Waals surface area contributed by atoms with Gasteiger partial charge >= 0.3 is 5.97 Å². The van der Waals surface area contributed by atoms with Crippen LogP contribution in [-0.4, -0.2) is 82.4 Å². The molecule has 13 heteroatoms. The van der Waals surface area contributed by atoms with Gasteiger partial charge in [0.25, 0.3) is 0 Å². The Kier molecular flexibility index (Phi) is 11.2. The van der Waals surface area contributed by atoms with Crippen molar-refractivity contribution in [2.24, 2.45) is 5.73 Å².